The van der Waals surface area contributed by atoms with Crippen LogP contribution in [-0.4, -0.2) is 22.1 Å². The van der Waals surface area contributed by atoms with Crippen molar-refractivity contribution in [1.82, 2.24) is 9.97 Å². The van der Waals surface area contributed by atoms with Gasteiger partial charge in [0.1, 0.15) is 16.5 Å². The fraction of sp³-hybridized carbons (Fsp3) is 0.600. The van der Waals surface area contributed by atoms with E-state index in [4.69, 9.17) is 5.73 Å². The summed E-state index contributed by atoms with van der Waals surface area (Å²) in [7, 11) is 0. The van der Waals surface area contributed by atoms with Crippen molar-refractivity contribution in [1.29, 1.82) is 0 Å². The highest BCUT2D eigenvalue weighted by molar-refractivity contribution is 7.18. The number of hydrogen-bond donors (Lipinski definition) is 2. The third-order valence-corrected chi connectivity index (χ3v) is 5.35. The van der Waals surface area contributed by atoms with Crippen LogP contribution in [0.4, 0.5) is 5.82 Å². The first-order valence-corrected chi connectivity index (χ1v) is 8.12. The third-order valence-electron chi connectivity index (χ3n) is 4.25. The lowest BCUT2D eigenvalue weighted by Gasteiger charge is -2.27. The van der Waals surface area contributed by atoms with Gasteiger partial charge in [-0.3, -0.25) is 0 Å². The summed E-state index contributed by atoms with van der Waals surface area (Å²) in [5.74, 6) is 1.85. The van der Waals surface area contributed by atoms with Gasteiger partial charge in [0.15, 0.2) is 0 Å². The number of fused-ring (bicyclic) bond motifs is 1. The van der Waals surface area contributed by atoms with Crippen LogP contribution in [0.2, 0.25) is 0 Å². The van der Waals surface area contributed by atoms with Crippen molar-refractivity contribution in [2.24, 2.45) is 5.73 Å². The van der Waals surface area contributed by atoms with Crippen LogP contribution in [0.25, 0.3) is 10.2 Å². The van der Waals surface area contributed by atoms with Crippen molar-refractivity contribution in [3.05, 3.63) is 16.3 Å². The van der Waals surface area contributed by atoms with Gasteiger partial charge in [-0.1, -0.05) is 0 Å². The maximum atomic E-state index is 5.98. The molecule has 0 atom stereocenters. The number of anilines is 1. The standard InChI is InChI=1S/C15H22N4S/c1-8-9(2)20-15-13(8)14(17-10(3)18-15)19-12-6-4-11(16)5-7-12/h11-12H,4-7,16H2,1-3H3,(H,17,18,19). The van der Waals surface area contributed by atoms with E-state index in [0.717, 1.165) is 42.2 Å². The number of thiophene rings is 1. The molecule has 0 aliphatic heterocycles. The number of nitrogens with two attached hydrogens (primary N) is 1. The van der Waals surface area contributed by atoms with E-state index in [-0.39, 0.29) is 0 Å². The number of rotatable bonds is 2. The summed E-state index contributed by atoms with van der Waals surface area (Å²) in [6, 6.07) is 0.872. The summed E-state index contributed by atoms with van der Waals surface area (Å²) in [5, 5.41) is 4.84. The fourth-order valence-corrected chi connectivity index (χ4v) is 3.99. The Bertz CT molecular complexity index is 626. The third kappa shape index (κ3) is 2.52. The number of aryl methyl sites for hydroxylation is 3. The molecular formula is C15H22N4S. The van der Waals surface area contributed by atoms with E-state index >= 15 is 0 Å². The summed E-state index contributed by atoms with van der Waals surface area (Å²) >= 11 is 1.76. The molecule has 2 aromatic rings. The van der Waals surface area contributed by atoms with Gasteiger partial charge in [0.2, 0.25) is 0 Å². The molecule has 2 heterocycles. The SMILES string of the molecule is Cc1nc(NC2CCC(N)CC2)c2c(C)c(C)sc2n1. The Kier molecular flexibility index (Phi) is 3.65. The van der Waals surface area contributed by atoms with Crippen molar-refractivity contribution in [2.45, 2.75) is 58.5 Å². The Balaban J connectivity index is 1.94. The van der Waals surface area contributed by atoms with Crippen LogP contribution in [0.15, 0.2) is 0 Å². The van der Waals surface area contributed by atoms with Crippen molar-refractivity contribution in [2.75, 3.05) is 5.32 Å². The molecule has 1 saturated carbocycles. The fourth-order valence-electron chi connectivity index (χ4n) is 2.92. The van der Waals surface area contributed by atoms with E-state index in [1.165, 1.54) is 15.8 Å². The summed E-state index contributed by atoms with van der Waals surface area (Å²) in [4.78, 5) is 11.6. The Morgan fingerprint density at radius 3 is 2.50 bits per heavy atom. The minimum atomic E-state index is 0.380. The molecular weight excluding hydrogens is 268 g/mol. The molecule has 0 amide bonds. The zero-order valence-corrected chi connectivity index (χ0v) is 13.2. The largest absolute Gasteiger partial charge is 0.367 e. The number of aromatic nitrogens is 2. The van der Waals surface area contributed by atoms with Gasteiger partial charge in [-0.25, -0.2) is 9.97 Å². The predicted molar refractivity (Wildman–Crippen MR) is 85.5 cm³/mol. The van der Waals surface area contributed by atoms with E-state index in [2.05, 4.69) is 29.1 Å². The number of hydrogen-bond acceptors (Lipinski definition) is 5. The maximum absolute atomic E-state index is 5.98. The van der Waals surface area contributed by atoms with Crippen LogP contribution >= 0.6 is 11.3 Å². The second-order valence-electron chi connectivity index (χ2n) is 5.84. The first-order chi connectivity index (χ1) is 9.54. The highest BCUT2D eigenvalue weighted by Gasteiger charge is 2.21. The zero-order chi connectivity index (χ0) is 14.3. The van der Waals surface area contributed by atoms with Crippen LogP contribution in [0.3, 0.4) is 0 Å². The summed E-state index contributed by atoms with van der Waals surface area (Å²) < 4.78 is 0. The lowest BCUT2D eigenvalue weighted by atomic mass is 9.92. The predicted octanol–water partition coefficient (Wildman–Crippen LogP) is 3.30. The summed E-state index contributed by atoms with van der Waals surface area (Å²) in [5.41, 5.74) is 7.29. The number of nitrogens with one attached hydrogen (secondary N) is 1. The first kappa shape index (κ1) is 13.8. The normalized spacial score (nSPS) is 23.2. The van der Waals surface area contributed by atoms with Crippen LogP contribution in [0.5, 0.6) is 0 Å². The van der Waals surface area contributed by atoms with E-state index in [1.807, 2.05) is 6.92 Å². The van der Waals surface area contributed by atoms with E-state index < -0.39 is 0 Å². The van der Waals surface area contributed by atoms with Gasteiger partial charge < -0.3 is 11.1 Å². The molecule has 0 saturated heterocycles. The lowest BCUT2D eigenvalue weighted by molar-refractivity contribution is 0.410. The second kappa shape index (κ2) is 5.30. The highest BCUT2D eigenvalue weighted by Crippen LogP contribution is 2.34. The topological polar surface area (TPSA) is 63.8 Å². The average Bonchev–Trinajstić information content (AvgIpc) is 2.67. The average molecular weight is 290 g/mol. The van der Waals surface area contributed by atoms with Gasteiger partial charge in [0.05, 0.1) is 5.39 Å². The Morgan fingerprint density at radius 2 is 1.80 bits per heavy atom. The van der Waals surface area contributed by atoms with Gasteiger partial charge in [-0.15, -0.1) is 11.3 Å². The smallest absolute Gasteiger partial charge is 0.139 e. The van der Waals surface area contributed by atoms with E-state index in [9.17, 15) is 0 Å². The Morgan fingerprint density at radius 1 is 1.10 bits per heavy atom. The maximum Gasteiger partial charge on any atom is 0.139 e. The second-order valence-corrected chi connectivity index (χ2v) is 7.04. The minimum Gasteiger partial charge on any atom is -0.367 e. The van der Waals surface area contributed by atoms with Gasteiger partial charge in [-0.05, 0) is 52.0 Å². The van der Waals surface area contributed by atoms with Gasteiger partial charge in [-0.2, -0.15) is 0 Å². The molecule has 3 N–H and O–H groups in total. The molecule has 108 valence electrons. The van der Waals surface area contributed by atoms with Crippen LogP contribution in [0, 0.1) is 20.8 Å². The molecule has 3 rings (SSSR count). The van der Waals surface area contributed by atoms with Crippen molar-refractivity contribution in [3.63, 3.8) is 0 Å². The molecule has 0 unspecified atom stereocenters. The Labute approximate surface area is 123 Å². The van der Waals surface area contributed by atoms with E-state index in [1.54, 1.807) is 11.3 Å². The molecule has 1 fully saturated rings. The molecule has 5 heteroatoms. The number of nitrogens with zero attached hydrogens (tertiary/aromatic N) is 2. The minimum absolute atomic E-state index is 0.380. The quantitative estimate of drug-likeness (QED) is 0.890. The molecule has 2 aromatic heterocycles. The van der Waals surface area contributed by atoms with Gasteiger partial charge >= 0.3 is 0 Å². The van der Waals surface area contributed by atoms with Crippen LogP contribution < -0.4 is 11.1 Å². The lowest BCUT2D eigenvalue weighted by Crippen LogP contribution is -2.33. The first-order valence-electron chi connectivity index (χ1n) is 7.31. The molecule has 4 nitrogen and oxygen atoms in total. The molecule has 0 radical (unpaired) electrons. The van der Waals surface area contributed by atoms with Crippen molar-refractivity contribution in [3.8, 4) is 0 Å². The summed E-state index contributed by atoms with van der Waals surface area (Å²) in [6.45, 7) is 6.28. The molecule has 0 spiro atoms. The molecule has 20 heavy (non-hydrogen) atoms. The molecule has 1 aliphatic carbocycles. The van der Waals surface area contributed by atoms with Crippen molar-refractivity contribution < 1.29 is 0 Å². The van der Waals surface area contributed by atoms with E-state index in [0.29, 0.717) is 12.1 Å². The summed E-state index contributed by atoms with van der Waals surface area (Å²) in [6.07, 6.45) is 4.47. The molecule has 0 aromatic carbocycles. The van der Waals surface area contributed by atoms with Gasteiger partial charge in [0.25, 0.3) is 0 Å². The van der Waals surface area contributed by atoms with Gasteiger partial charge in [0, 0.05) is 17.0 Å². The molecule has 1 aliphatic rings. The van der Waals surface area contributed by atoms with Crippen LogP contribution in [0.1, 0.15) is 41.9 Å². The Hall–Kier alpha value is -1.20. The highest BCUT2D eigenvalue weighted by atomic mass is 32.1. The monoisotopic (exact) mass is 290 g/mol. The van der Waals surface area contributed by atoms with Crippen molar-refractivity contribution >= 4 is 27.4 Å². The van der Waals surface area contributed by atoms with Crippen LogP contribution in [-0.2, 0) is 0 Å². The molecule has 0 bridgehead atoms. The zero-order valence-electron chi connectivity index (χ0n) is 12.4.